The molecule has 1 atom stereocenters. The molecule has 0 radical (unpaired) electrons. The summed E-state index contributed by atoms with van der Waals surface area (Å²) in [5.41, 5.74) is 7.51. The van der Waals surface area contributed by atoms with Crippen molar-refractivity contribution in [2.75, 3.05) is 5.73 Å². The van der Waals surface area contributed by atoms with E-state index >= 15 is 0 Å². The van der Waals surface area contributed by atoms with E-state index in [9.17, 15) is 0 Å². The van der Waals surface area contributed by atoms with Gasteiger partial charge in [-0.05, 0) is 30.9 Å². The molecular weight excluding hydrogens is 184 g/mol. The maximum absolute atomic E-state index is 5.59. The Labute approximate surface area is 92.9 Å². The minimum Gasteiger partial charge on any atom is -0.397 e. The van der Waals surface area contributed by atoms with Crippen molar-refractivity contribution in [3.63, 3.8) is 0 Å². The molecule has 0 fully saturated rings. The van der Waals surface area contributed by atoms with E-state index in [1.54, 1.807) is 6.20 Å². The van der Waals surface area contributed by atoms with Crippen LogP contribution in [0.4, 0.5) is 5.69 Å². The number of nitrogen functional groups attached to an aromatic ring is 1. The van der Waals surface area contributed by atoms with Gasteiger partial charge in [-0.2, -0.15) is 0 Å². The topological polar surface area (TPSA) is 38.9 Å². The lowest BCUT2D eigenvalue weighted by Crippen LogP contribution is -2.02. The lowest BCUT2D eigenvalue weighted by molar-refractivity contribution is 0.430. The molecule has 0 amide bonds. The number of hydrogen-bond donors (Lipinski definition) is 1. The maximum Gasteiger partial charge on any atom is 0.0501 e. The van der Waals surface area contributed by atoms with Crippen LogP contribution in [-0.4, -0.2) is 4.98 Å². The highest BCUT2D eigenvalue weighted by atomic mass is 14.7. The molecule has 1 aromatic heterocycles. The van der Waals surface area contributed by atoms with Crippen LogP contribution < -0.4 is 5.73 Å². The number of rotatable bonds is 6. The van der Waals surface area contributed by atoms with E-state index in [0.717, 1.165) is 18.0 Å². The summed E-state index contributed by atoms with van der Waals surface area (Å²) in [7, 11) is 0. The molecule has 2 nitrogen and oxygen atoms in total. The molecule has 0 saturated carbocycles. The van der Waals surface area contributed by atoms with Gasteiger partial charge in [0.15, 0.2) is 0 Å². The summed E-state index contributed by atoms with van der Waals surface area (Å²) in [6.07, 6.45) is 7.98. The van der Waals surface area contributed by atoms with Crippen LogP contribution in [0.3, 0.4) is 0 Å². The Kier molecular flexibility index (Phi) is 5.16. The van der Waals surface area contributed by atoms with E-state index in [-0.39, 0.29) is 0 Å². The number of nitrogens with two attached hydrogens (primary N) is 1. The summed E-state index contributed by atoms with van der Waals surface area (Å²) < 4.78 is 0. The van der Waals surface area contributed by atoms with Crippen LogP contribution in [0.5, 0.6) is 0 Å². The van der Waals surface area contributed by atoms with E-state index in [2.05, 4.69) is 18.8 Å². The third-order valence-corrected chi connectivity index (χ3v) is 2.93. The van der Waals surface area contributed by atoms with E-state index < -0.39 is 0 Å². The van der Waals surface area contributed by atoms with Crippen LogP contribution in [0.1, 0.15) is 45.2 Å². The molecular formula is C13H22N2. The first-order valence-corrected chi connectivity index (χ1v) is 5.96. The zero-order chi connectivity index (χ0) is 11.1. The first-order valence-electron chi connectivity index (χ1n) is 5.96. The number of anilines is 1. The third-order valence-electron chi connectivity index (χ3n) is 2.93. The highest BCUT2D eigenvalue weighted by Crippen LogP contribution is 2.17. The van der Waals surface area contributed by atoms with E-state index in [0.29, 0.717) is 0 Å². The Balaban J connectivity index is 2.38. The molecule has 1 aromatic rings. The summed E-state index contributed by atoms with van der Waals surface area (Å²) >= 11 is 0. The van der Waals surface area contributed by atoms with Crippen LogP contribution in [0.2, 0.25) is 0 Å². The SMILES string of the molecule is CCCC(CC)CCc1ccc(N)cn1. The zero-order valence-electron chi connectivity index (χ0n) is 9.87. The van der Waals surface area contributed by atoms with Gasteiger partial charge in [-0.3, -0.25) is 4.98 Å². The van der Waals surface area contributed by atoms with Crippen molar-refractivity contribution < 1.29 is 0 Å². The lowest BCUT2D eigenvalue weighted by Gasteiger charge is -2.12. The minimum atomic E-state index is 0.749. The molecule has 0 aliphatic carbocycles. The molecule has 0 bridgehead atoms. The monoisotopic (exact) mass is 206 g/mol. The van der Waals surface area contributed by atoms with Crippen molar-refractivity contribution in [3.05, 3.63) is 24.0 Å². The molecule has 84 valence electrons. The van der Waals surface area contributed by atoms with Crippen molar-refractivity contribution >= 4 is 5.69 Å². The number of aryl methyl sites for hydroxylation is 1. The third kappa shape index (κ3) is 4.32. The van der Waals surface area contributed by atoms with Gasteiger partial charge in [0.2, 0.25) is 0 Å². The Hall–Kier alpha value is -1.05. The lowest BCUT2D eigenvalue weighted by atomic mass is 9.94. The predicted molar refractivity (Wildman–Crippen MR) is 65.7 cm³/mol. The van der Waals surface area contributed by atoms with Crippen molar-refractivity contribution in [2.24, 2.45) is 5.92 Å². The number of nitrogens with zero attached hydrogens (tertiary/aromatic N) is 1. The molecule has 15 heavy (non-hydrogen) atoms. The summed E-state index contributed by atoms with van der Waals surface area (Å²) in [5, 5.41) is 0. The summed E-state index contributed by atoms with van der Waals surface area (Å²) in [5.74, 6) is 0.856. The Morgan fingerprint density at radius 2 is 2.07 bits per heavy atom. The van der Waals surface area contributed by atoms with Crippen molar-refractivity contribution in [2.45, 2.75) is 46.0 Å². The second-order valence-electron chi connectivity index (χ2n) is 4.18. The van der Waals surface area contributed by atoms with Crippen molar-refractivity contribution in [1.82, 2.24) is 4.98 Å². The maximum atomic E-state index is 5.59. The molecule has 2 N–H and O–H groups in total. The molecule has 0 aliphatic heterocycles. The average Bonchev–Trinajstić information content (AvgIpc) is 2.26. The quantitative estimate of drug-likeness (QED) is 0.774. The fourth-order valence-corrected chi connectivity index (χ4v) is 1.90. The molecule has 0 aliphatic rings. The standard InChI is InChI=1S/C13H22N2/c1-3-5-11(4-2)6-8-13-9-7-12(14)10-15-13/h7,9-11H,3-6,8,14H2,1-2H3. The van der Waals surface area contributed by atoms with Gasteiger partial charge in [0.25, 0.3) is 0 Å². The fraction of sp³-hybridized carbons (Fsp3) is 0.615. The highest BCUT2D eigenvalue weighted by Gasteiger charge is 2.05. The molecule has 0 aromatic carbocycles. The van der Waals surface area contributed by atoms with Gasteiger partial charge < -0.3 is 5.73 Å². The summed E-state index contributed by atoms with van der Waals surface area (Å²) in [6, 6.07) is 3.97. The number of pyridine rings is 1. The molecule has 2 heteroatoms. The van der Waals surface area contributed by atoms with Gasteiger partial charge in [-0.15, -0.1) is 0 Å². The summed E-state index contributed by atoms with van der Waals surface area (Å²) in [6.45, 7) is 4.53. The molecule has 1 rings (SSSR count). The highest BCUT2D eigenvalue weighted by molar-refractivity contribution is 5.34. The number of hydrogen-bond acceptors (Lipinski definition) is 2. The second-order valence-corrected chi connectivity index (χ2v) is 4.18. The van der Waals surface area contributed by atoms with E-state index in [4.69, 9.17) is 5.73 Å². The minimum absolute atomic E-state index is 0.749. The Morgan fingerprint density at radius 3 is 2.60 bits per heavy atom. The van der Waals surface area contributed by atoms with Crippen molar-refractivity contribution in [3.8, 4) is 0 Å². The van der Waals surface area contributed by atoms with Crippen LogP contribution >= 0.6 is 0 Å². The van der Waals surface area contributed by atoms with E-state index in [1.165, 1.54) is 31.4 Å². The van der Waals surface area contributed by atoms with Gasteiger partial charge in [-0.25, -0.2) is 0 Å². The number of aromatic nitrogens is 1. The van der Waals surface area contributed by atoms with E-state index in [1.807, 2.05) is 12.1 Å². The molecule has 0 saturated heterocycles. The fourth-order valence-electron chi connectivity index (χ4n) is 1.90. The average molecular weight is 206 g/mol. The second kappa shape index (κ2) is 6.44. The normalized spacial score (nSPS) is 12.7. The van der Waals surface area contributed by atoms with Crippen LogP contribution in [0, 0.1) is 5.92 Å². The Morgan fingerprint density at radius 1 is 1.27 bits per heavy atom. The summed E-state index contributed by atoms with van der Waals surface area (Å²) in [4.78, 5) is 4.32. The largest absolute Gasteiger partial charge is 0.397 e. The van der Waals surface area contributed by atoms with Crippen LogP contribution in [0.15, 0.2) is 18.3 Å². The van der Waals surface area contributed by atoms with Gasteiger partial charge in [0.05, 0.1) is 11.9 Å². The van der Waals surface area contributed by atoms with Gasteiger partial charge in [0, 0.05) is 5.69 Å². The zero-order valence-corrected chi connectivity index (χ0v) is 9.87. The smallest absolute Gasteiger partial charge is 0.0501 e. The molecule has 0 spiro atoms. The van der Waals surface area contributed by atoms with Crippen LogP contribution in [0.25, 0.3) is 0 Å². The van der Waals surface area contributed by atoms with Gasteiger partial charge >= 0.3 is 0 Å². The Bertz CT molecular complexity index is 266. The van der Waals surface area contributed by atoms with Gasteiger partial charge in [-0.1, -0.05) is 33.1 Å². The van der Waals surface area contributed by atoms with Crippen molar-refractivity contribution in [1.29, 1.82) is 0 Å². The van der Waals surface area contributed by atoms with Crippen LogP contribution in [-0.2, 0) is 6.42 Å². The first-order chi connectivity index (χ1) is 7.26. The van der Waals surface area contributed by atoms with Gasteiger partial charge in [0.1, 0.15) is 0 Å². The molecule has 1 unspecified atom stereocenters. The first kappa shape index (κ1) is 12.0. The molecule has 1 heterocycles. The predicted octanol–water partition coefficient (Wildman–Crippen LogP) is 3.42.